The molecule has 1 saturated heterocycles. The number of nitrogens with two attached hydrogens (primary N) is 1. The molecule has 1 aliphatic heterocycles. The van der Waals surface area contributed by atoms with Crippen molar-refractivity contribution < 1.29 is 34.4 Å². The van der Waals surface area contributed by atoms with Gasteiger partial charge >= 0.3 is 0 Å². The molecule has 1 fully saturated rings. The number of nitrogens with zero attached hydrogens (tertiary/aromatic N) is 4. The van der Waals surface area contributed by atoms with E-state index in [9.17, 15) is 34.5 Å². The fourth-order valence-electron chi connectivity index (χ4n) is 2.34. The van der Waals surface area contributed by atoms with Crippen molar-refractivity contribution in [1.29, 1.82) is 0 Å². The molecule has 0 aromatic carbocycles. The summed E-state index contributed by atoms with van der Waals surface area (Å²) in [5.41, 5.74) is 4.21. The Morgan fingerprint density at radius 2 is 2.04 bits per heavy atom. The van der Waals surface area contributed by atoms with Crippen molar-refractivity contribution in [3.8, 4) is 0 Å². The summed E-state index contributed by atoms with van der Waals surface area (Å²) in [6.07, 6.45) is -7.20. The Kier molecular flexibility index (Phi) is 3.92. The second kappa shape index (κ2) is 5.56. The molecule has 0 spiro atoms. The van der Waals surface area contributed by atoms with Gasteiger partial charge in [-0.05, 0) is 7.60 Å². The van der Waals surface area contributed by atoms with Crippen LogP contribution >= 0.6 is 7.60 Å². The number of nitrogens with one attached hydrogen (secondary N) is 1. The van der Waals surface area contributed by atoms with Crippen LogP contribution in [0.3, 0.4) is 0 Å². The Bertz CT molecular complexity index is 877. The van der Waals surface area contributed by atoms with Crippen LogP contribution in [-0.4, -0.2) is 64.4 Å². The first-order chi connectivity index (χ1) is 11.1. The molecule has 24 heavy (non-hydrogen) atoms. The van der Waals surface area contributed by atoms with Crippen molar-refractivity contribution in [2.75, 3.05) is 5.73 Å². The van der Waals surface area contributed by atoms with Crippen molar-refractivity contribution in [3.05, 3.63) is 10.4 Å². The van der Waals surface area contributed by atoms with Crippen LogP contribution in [0.5, 0.6) is 0 Å². The lowest BCUT2D eigenvalue weighted by molar-refractivity contribution is -0.326. The molecular weight excluding hydrogens is 351 g/mol. The monoisotopic (exact) mass is 362 g/mol. The zero-order valence-corrected chi connectivity index (χ0v) is 12.5. The SMILES string of the molecule is Nc1nc2c(nnn2[C@@H]2O[C@H](C(O)P(=O)([O-])[O-])[C@@H](O)[C@H]2O)c(=O)[nH]1. The van der Waals surface area contributed by atoms with Gasteiger partial charge in [0.1, 0.15) is 24.2 Å². The third-order valence-corrected chi connectivity index (χ3v) is 4.43. The van der Waals surface area contributed by atoms with Crippen LogP contribution in [0.1, 0.15) is 6.23 Å². The normalized spacial score (nSPS) is 29.2. The van der Waals surface area contributed by atoms with E-state index in [1.54, 1.807) is 0 Å². The van der Waals surface area contributed by atoms with E-state index in [2.05, 4.69) is 20.3 Å². The van der Waals surface area contributed by atoms with Crippen LogP contribution in [0.2, 0.25) is 0 Å². The minimum atomic E-state index is -5.51. The number of H-pyrrole nitrogens is 1. The summed E-state index contributed by atoms with van der Waals surface area (Å²) in [5, 5.41) is 36.4. The molecule has 3 heterocycles. The Morgan fingerprint density at radius 1 is 1.38 bits per heavy atom. The number of aromatic nitrogens is 5. The van der Waals surface area contributed by atoms with Gasteiger partial charge in [-0.25, -0.2) is 0 Å². The summed E-state index contributed by atoms with van der Waals surface area (Å²) in [6.45, 7) is 0. The van der Waals surface area contributed by atoms with Crippen molar-refractivity contribution >= 4 is 24.7 Å². The molecule has 1 unspecified atom stereocenters. The summed E-state index contributed by atoms with van der Waals surface area (Å²) in [4.78, 5) is 39.4. The van der Waals surface area contributed by atoms with E-state index < -0.39 is 43.5 Å². The van der Waals surface area contributed by atoms with E-state index in [1.807, 2.05) is 0 Å². The minimum Gasteiger partial charge on any atom is -0.809 e. The summed E-state index contributed by atoms with van der Waals surface area (Å²) in [7, 11) is -5.51. The molecule has 3 rings (SSSR count). The van der Waals surface area contributed by atoms with Crippen LogP contribution < -0.4 is 21.1 Å². The van der Waals surface area contributed by atoms with Crippen molar-refractivity contribution in [2.24, 2.45) is 0 Å². The maximum atomic E-state index is 11.7. The first kappa shape index (κ1) is 16.9. The number of rotatable bonds is 3. The minimum absolute atomic E-state index is 0.213. The van der Waals surface area contributed by atoms with Crippen LogP contribution in [0.25, 0.3) is 11.2 Å². The third-order valence-electron chi connectivity index (χ3n) is 3.49. The summed E-state index contributed by atoms with van der Waals surface area (Å²) in [5.74, 6) is -2.88. The topological polar surface area (TPSA) is 236 Å². The number of aromatic amines is 1. The zero-order chi connectivity index (χ0) is 17.8. The first-order valence-electron chi connectivity index (χ1n) is 6.43. The number of aliphatic hydroxyl groups is 3. The molecule has 0 radical (unpaired) electrons. The summed E-state index contributed by atoms with van der Waals surface area (Å²) < 4.78 is 16.7. The quantitative estimate of drug-likeness (QED) is 0.322. The van der Waals surface area contributed by atoms with E-state index >= 15 is 0 Å². The smallest absolute Gasteiger partial charge is 0.282 e. The van der Waals surface area contributed by atoms with Gasteiger partial charge in [0.25, 0.3) is 5.56 Å². The highest BCUT2D eigenvalue weighted by Crippen LogP contribution is 2.40. The molecule has 1 aliphatic rings. The maximum Gasteiger partial charge on any atom is 0.282 e. The average molecular weight is 362 g/mol. The standard InChI is InChI=1S/C9H13N6O8P/c10-9-11-5-1(6(18)12-9)13-14-15(5)7-3(17)2(16)4(23-7)8(19)24(20,21)22/h2-4,7-8,16-17,19H,(H2,20,21,22)(H3,10,11,12,18)/p-2/t2-,3+,4-,7+,8?/m0/s1. The third kappa shape index (κ3) is 2.59. The number of fused-ring (bicyclic) bond motifs is 1. The average Bonchev–Trinajstić information content (AvgIpc) is 3.00. The molecule has 2 aromatic rings. The Balaban J connectivity index is 2.02. The zero-order valence-electron chi connectivity index (χ0n) is 11.6. The van der Waals surface area contributed by atoms with Crippen LogP contribution in [0.15, 0.2) is 4.79 Å². The van der Waals surface area contributed by atoms with Gasteiger partial charge < -0.3 is 40.1 Å². The Morgan fingerprint density at radius 3 is 2.67 bits per heavy atom. The van der Waals surface area contributed by atoms with Crippen molar-refractivity contribution in [1.82, 2.24) is 25.0 Å². The highest BCUT2D eigenvalue weighted by atomic mass is 31.2. The molecule has 0 saturated carbocycles. The van der Waals surface area contributed by atoms with Crippen molar-refractivity contribution in [3.63, 3.8) is 0 Å². The predicted octanol–water partition coefficient (Wildman–Crippen LogP) is -5.05. The number of nitrogen functional groups attached to an aromatic ring is 1. The van der Waals surface area contributed by atoms with Gasteiger partial charge in [0.2, 0.25) is 5.95 Å². The fourth-order valence-corrected chi connectivity index (χ4v) is 2.95. The molecule has 6 N–H and O–H groups in total. The number of anilines is 1. The van der Waals surface area contributed by atoms with E-state index in [-0.39, 0.29) is 17.1 Å². The second-order valence-electron chi connectivity index (χ2n) is 5.08. The van der Waals surface area contributed by atoms with Gasteiger partial charge in [-0.15, -0.1) is 5.10 Å². The fraction of sp³-hybridized carbons (Fsp3) is 0.556. The predicted molar refractivity (Wildman–Crippen MR) is 69.9 cm³/mol. The first-order valence-corrected chi connectivity index (χ1v) is 8.04. The number of hydrogen-bond acceptors (Lipinski definition) is 12. The van der Waals surface area contributed by atoms with Gasteiger partial charge in [-0.1, -0.05) is 5.21 Å². The lowest BCUT2D eigenvalue weighted by Crippen LogP contribution is -2.42. The van der Waals surface area contributed by atoms with Crippen LogP contribution in [-0.2, 0) is 9.30 Å². The Hall–Kier alpha value is -1.93. The number of ether oxygens (including phenoxy) is 1. The van der Waals surface area contributed by atoms with E-state index in [1.165, 1.54) is 0 Å². The van der Waals surface area contributed by atoms with E-state index in [4.69, 9.17) is 10.5 Å². The molecule has 5 atom stereocenters. The van der Waals surface area contributed by atoms with E-state index in [0.29, 0.717) is 0 Å². The summed E-state index contributed by atoms with van der Waals surface area (Å²) >= 11 is 0. The lowest BCUT2D eigenvalue weighted by Gasteiger charge is -2.38. The highest BCUT2D eigenvalue weighted by molar-refractivity contribution is 7.49. The van der Waals surface area contributed by atoms with Gasteiger partial charge in [-0.3, -0.25) is 9.78 Å². The molecule has 0 bridgehead atoms. The molecule has 2 aromatic heterocycles. The van der Waals surface area contributed by atoms with Gasteiger partial charge in [0.15, 0.2) is 17.4 Å². The number of hydrogen-bond donors (Lipinski definition) is 5. The van der Waals surface area contributed by atoms with Crippen LogP contribution in [0.4, 0.5) is 5.95 Å². The van der Waals surface area contributed by atoms with Crippen molar-refractivity contribution in [2.45, 2.75) is 30.4 Å². The summed E-state index contributed by atoms with van der Waals surface area (Å²) in [6, 6.07) is 0. The second-order valence-corrected chi connectivity index (χ2v) is 6.69. The van der Waals surface area contributed by atoms with Gasteiger partial charge in [0.05, 0.1) is 0 Å². The van der Waals surface area contributed by atoms with E-state index in [0.717, 1.165) is 4.68 Å². The van der Waals surface area contributed by atoms with Gasteiger partial charge in [0, 0.05) is 0 Å². The highest BCUT2D eigenvalue weighted by Gasteiger charge is 2.48. The van der Waals surface area contributed by atoms with Gasteiger partial charge in [-0.2, -0.15) is 9.67 Å². The molecular formula is C9H11N6O8P-2. The molecule has 14 nitrogen and oxygen atoms in total. The lowest BCUT2D eigenvalue weighted by atomic mass is 10.1. The maximum absolute atomic E-state index is 11.7. The molecule has 15 heteroatoms. The Labute approximate surface area is 131 Å². The molecule has 0 aliphatic carbocycles. The van der Waals surface area contributed by atoms with Crippen LogP contribution in [0, 0.1) is 0 Å². The largest absolute Gasteiger partial charge is 0.809 e. The molecule has 0 amide bonds. The number of aliphatic hydroxyl groups excluding tert-OH is 3. The molecule has 132 valence electrons.